The van der Waals surface area contributed by atoms with Gasteiger partial charge in [0, 0.05) is 23.5 Å². The Labute approximate surface area is 183 Å². The van der Waals surface area contributed by atoms with E-state index < -0.39 is 47.2 Å². The highest BCUT2D eigenvalue weighted by atomic mass is 17.0. The van der Waals surface area contributed by atoms with Crippen molar-refractivity contribution in [1.29, 1.82) is 0 Å². The number of rotatable bonds is 9. The van der Waals surface area contributed by atoms with Crippen LogP contribution in [0.2, 0.25) is 0 Å². The van der Waals surface area contributed by atoms with Crippen molar-refractivity contribution in [2.75, 3.05) is 13.2 Å². The topological polar surface area (TPSA) is 160 Å². The summed E-state index contributed by atoms with van der Waals surface area (Å²) in [6.45, 7) is 5.65. The standard InChI is InChI=1S/C20H23N3O9/c1-11(2)32-20(25)17-13(4)21-12(3)16(19(24)30-8-9-31-23(28)29)18(17)14-6-5-7-15(10-14)22(26)27/h5-7,10-11,18,21H,8-9H2,1-4H3. The average molecular weight is 449 g/mol. The molecule has 1 atom stereocenters. The lowest BCUT2D eigenvalue weighted by Crippen LogP contribution is -2.33. The molecule has 2 rings (SSSR count). The van der Waals surface area contributed by atoms with Crippen LogP contribution in [0, 0.1) is 20.2 Å². The molecule has 0 saturated carbocycles. The summed E-state index contributed by atoms with van der Waals surface area (Å²) in [4.78, 5) is 50.9. The van der Waals surface area contributed by atoms with E-state index in [0.717, 1.165) is 0 Å². The van der Waals surface area contributed by atoms with Gasteiger partial charge in [0.2, 0.25) is 0 Å². The van der Waals surface area contributed by atoms with Crippen LogP contribution in [0.5, 0.6) is 0 Å². The molecule has 0 saturated heterocycles. The highest BCUT2D eigenvalue weighted by molar-refractivity contribution is 6.00. The molecule has 1 heterocycles. The van der Waals surface area contributed by atoms with Gasteiger partial charge >= 0.3 is 11.9 Å². The summed E-state index contributed by atoms with van der Waals surface area (Å²) < 4.78 is 10.4. The van der Waals surface area contributed by atoms with E-state index in [1.807, 2.05) is 0 Å². The van der Waals surface area contributed by atoms with E-state index in [1.54, 1.807) is 33.8 Å². The van der Waals surface area contributed by atoms with Crippen molar-refractivity contribution in [1.82, 2.24) is 5.32 Å². The van der Waals surface area contributed by atoms with Crippen molar-refractivity contribution in [3.05, 3.63) is 72.6 Å². The maximum Gasteiger partial charge on any atom is 0.337 e. The van der Waals surface area contributed by atoms with Crippen molar-refractivity contribution in [3.63, 3.8) is 0 Å². The Kier molecular flexibility index (Phi) is 7.88. The number of nitro benzene ring substituents is 1. The van der Waals surface area contributed by atoms with Crippen LogP contribution in [0.1, 0.15) is 39.2 Å². The van der Waals surface area contributed by atoms with Crippen molar-refractivity contribution >= 4 is 17.6 Å². The van der Waals surface area contributed by atoms with Crippen LogP contribution < -0.4 is 5.32 Å². The molecule has 1 aliphatic rings. The summed E-state index contributed by atoms with van der Waals surface area (Å²) in [7, 11) is 0. The number of esters is 2. The van der Waals surface area contributed by atoms with E-state index in [4.69, 9.17) is 9.47 Å². The van der Waals surface area contributed by atoms with Gasteiger partial charge in [-0.25, -0.2) is 9.59 Å². The van der Waals surface area contributed by atoms with Gasteiger partial charge in [-0.3, -0.25) is 10.1 Å². The number of non-ortho nitro benzene ring substituents is 1. The summed E-state index contributed by atoms with van der Waals surface area (Å²) in [5.74, 6) is -2.58. The van der Waals surface area contributed by atoms with Crippen LogP contribution >= 0.6 is 0 Å². The minimum absolute atomic E-state index is 0.0212. The van der Waals surface area contributed by atoms with Gasteiger partial charge in [-0.1, -0.05) is 12.1 Å². The van der Waals surface area contributed by atoms with Gasteiger partial charge in [-0.15, -0.1) is 10.1 Å². The number of ether oxygens (including phenoxy) is 2. The zero-order valence-corrected chi connectivity index (χ0v) is 17.9. The third-order valence-corrected chi connectivity index (χ3v) is 4.47. The summed E-state index contributed by atoms with van der Waals surface area (Å²) in [5.41, 5.74) is 0.980. The van der Waals surface area contributed by atoms with Crippen molar-refractivity contribution in [2.24, 2.45) is 0 Å². The van der Waals surface area contributed by atoms with Gasteiger partial charge in [0.1, 0.15) is 13.2 Å². The molecule has 0 aromatic heterocycles. The number of benzene rings is 1. The minimum atomic E-state index is -1.02. The fourth-order valence-electron chi connectivity index (χ4n) is 3.29. The summed E-state index contributed by atoms with van der Waals surface area (Å²) in [5, 5.41) is 23.5. The number of hydrogen-bond donors (Lipinski definition) is 1. The predicted octanol–water partition coefficient (Wildman–Crippen LogP) is 2.53. The van der Waals surface area contributed by atoms with Crippen LogP contribution in [0.3, 0.4) is 0 Å². The normalized spacial score (nSPS) is 15.8. The fourth-order valence-corrected chi connectivity index (χ4v) is 3.29. The Balaban J connectivity index is 2.52. The number of allylic oxidation sites excluding steroid dienone is 2. The summed E-state index contributed by atoms with van der Waals surface area (Å²) in [6.07, 6.45) is -0.449. The number of carbonyl (C=O) groups is 2. The summed E-state index contributed by atoms with van der Waals surface area (Å²) in [6, 6.07) is 5.55. The van der Waals surface area contributed by atoms with Gasteiger partial charge in [-0.2, -0.15) is 0 Å². The lowest BCUT2D eigenvalue weighted by molar-refractivity contribution is -0.757. The fraction of sp³-hybridized carbons (Fsp3) is 0.400. The van der Waals surface area contributed by atoms with Gasteiger partial charge in [0.25, 0.3) is 10.8 Å². The van der Waals surface area contributed by atoms with Gasteiger partial charge in [0.05, 0.1) is 28.1 Å². The molecule has 0 bridgehead atoms. The van der Waals surface area contributed by atoms with E-state index in [1.165, 1.54) is 18.2 Å². The first-order valence-corrected chi connectivity index (χ1v) is 9.61. The quantitative estimate of drug-likeness (QED) is 0.257. The largest absolute Gasteiger partial charge is 0.460 e. The predicted molar refractivity (Wildman–Crippen MR) is 110 cm³/mol. The zero-order chi connectivity index (χ0) is 24.0. The molecule has 0 aliphatic carbocycles. The first kappa shape index (κ1) is 24.3. The van der Waals surface area contributed by atoms with Crippen molar-refractivity contribution in [3.8, 4) is 0 Å². The molecule has 1 aliphatic heterocycles. The third kappa shape index (κ3) is 5.80. The molecule has 12 heteroatoms. The van der Waals surface area contributed by atoms with Crippen LogP contribution in [0.25, 0.3) is 0 Å². The van der Waals surface area contributed by atoms with Crippen LogP contribution in [-0.2, 0) is 23.9 Å². The molecular weight excluding hydrogens is 426 g/mol. The second-order valence-corrected chi connectivity index (χ2v) is 7.13. The Morgan fingerprint density at radius 2 is 1.69 bits per heavy atom. The molecule has 0 spiro atoms. The SMILES string of the molecule is CC1=C(C(=O)OCCO[N+](=O)[O-])C(c2cccc([N+](=O)[O-])c2)C(C(=O)OC(C)C)=C(C)N1. The van der Waals surface area contributed by atoms with Crippen LogP contribution in [0.15, 0.2) is 46.8 Å². The first-order valence-electron chi connectivity index (χ1n) is 9.61. The number of carbonyl (C=O) groups excluding carboxylic acids is 2. The molecule has 12 nitrogen and oxygen atoms in total. The highest BCUT2D eigenvalue weighted by Crippen LogP contribution is 2.40. The monoisotopic (exact) mass is 449 g/mol. The van der Waals surface area contributed by atoms with Crippen LogP contribution in [0.4, 0.5) is 5.69 Å². The third-order valence-electron chi connectivity index (χ3n) is 4.47. The van der Waals surface area contributed by atoms with E-state index >= 15 is 0 Å². The Morgan fingerprint density at radius 3 is 2.25 bits per heavy atom. The number of nitrogens with one attached hydrogen (secondary N) is 1. The van der Waals surface area contributed by atoms with Gasteiger partial charge in [0.15, 0.2) is 0 Å². The lowest BCUT2D eigenvalue weighted by Gasteiger charge is -2.30. The molecular formula is C20H23N3O9. The van der Waals surface area contributed by atoms with Gasteiger partial charge < -0.3 is 19.6 Å². The molecule has 1 aromatic rings. The molecule has 1 unspecified atom stereocenters. The van der Waals surface area contributed by atoms with Crippen molar-refractivity contribution in [2.45, 2.75) is 39.7 Å². The second-order valence-electron chi connectivity index (χ2n) is 7.13. The maximum atomic E-state index is 12.9. The molecule has 32 heavy (non-hydrogen) atoms. The van der Waals surface area contributed by atoms with Crippen LogP contribution in [-0.4, -0.2) is 41.3 Å². The number of nitro groups is 1. The van der Waals surface area contributed by atoms with Crippen molar-refractivity contribution < 1.29 is 33.9 Å². The van der Waals surface area contributed by atoms with E-state index in [0.29, 0.717) is 17.0 Å². The Hall–Kier alpha value is -3.96. The van der Waals surface area contributed by atoms with E-state index in [2.05, 4.69) is 10.2 Å². The van der Waals surface area contributed by atoms with E-state index in [9.17, 15) is 29.8 Å². The Morgan fingerprint density at radius 1 is 1.06 bits per heavy atom. The molecule has 1 aromatic carbocycles. The van der Waals surface area contributed by atoms with Gasteiger partial charge in [-0.05, 0) is 33.3 Å². The summed E-state index contributed by atoms with van der Waals surface area (Å²) >= 11 is 0. The Bertz CT molecular complexity index is 998. The highest BCUT2D eigenvalue weighted by Gasteiger charge is 2.38. The second kappa shape index (κ2) is 10.4. The molecule has 0 radical (unpaired) electrons. The average Bonchev–Trinajstić information content (AvgIpc) is 2.69. The number of nitrogens with zero attached hydrogens (tertiary/aromatic N) is 2. The van der Waals surface area contributed by atoms with E-state index in [-0.39, 0.29) is 16.8 Å². The minimum Gasteiger partial charge on any atom is -0.460 e. The molecule has 0 fully saturated rings. The number of dihydropyridines is 1. The zero-order valence-electron chi connectivity index (χ0n) is 17.9. The smallest absolute Gasteiger partial charge is 0.337 e. The molecule has 1 N–H and O–H groups in total. The lowest BCUT2D eigenvalue weighted by atomic mass is 9.80. The first-order chi connectivity index (χ1) is 15.0. The molecule has 172 valence electrons. The maximum absolute atomic E-state index is 12.9. The molecule has 0 amide bonds. The number of hydrogen-bond acceptors (Lipinski definition) is 10.